The average Bonchev–Trinajstić information content (AvgIpc) is 3.22. The minimum absolute atomic E-state index is 0.286. The van der Waals surface area contributed by atoms with Gasteiger partial charge in [-0.15, -0.1) is 0 Å². The summed E-state index contributed by atoms with van der Waals surface area (Å²) in [5.74, 6) is 0.229. The lowest BCUT2D eigenvalue weighted by molar-refractivity contribution is 0.102. The minimum Gasteiger partial charge on any atom is -0.308 e. The van der Waals surface area contributed by atoms with Gasteiger partial charge in [0.25, 0.3) is 5.91 Å². The molecule has 1 N–H and O–H groups in total. The highest BCUT2D eigenvalue weighted by Crippen LogP contribution is 2.15. The quantitative estimate of drug-likeness (QED) is 0.687. The van der Waals surface area contributed by atoms with Crippen molar-refractivity contribution in [2.75, 3.05) is 26.0 Å². The molecule has 1 aromatic carbocycles. The lowest BCUT2D eigenvalue weighted by Gasteiger charge is -2.08. The Morgan fingerprint density at radius 3 is 2.80 bits per heavy atom. The normalized spacial score (nSPS) is 11.0. The summed E-state index contributed by atoms with van der Waals surface area (Å²) in [5, 5.41) is 11.4. The fourth-order valence-electron chi connectivity index (χ4n) is 2.24. The zero-order valence-electron chi connectivity index (χ0n) is 14.1. The van der Waals surface area contributed by atoms with Crippen molar-refractivity contribution in [3.05, 3.63) is 59.0 Å². The maximum atomic E-state index is 12.3. The molecule has 2 aromatic heterocycles. The summed E-state index contributed by atoms with van der Waals surface area (Å²) < 4.78 is 4.42. The van der Waals surface area contributed by atoms with Gasteiger partial charge < -0.3 is 10.2 Å². The number of amides is 1. The van der Waals surface area contributed by atoms with Crippen LogP contribution in [0, 0.1) is 0 Å². The maximum Gasteiger partial charge on any atom is 0.277 e. The van der Waals surface area contributed by atoms with E-state index in [1.54, 1.807) is 27.7 Å². The van der Waals surface area contributed by atoms with E-state index in [2.05, 4.69) is 36.3 Å². The lowest BCUT2D eigenvalue weighted by Crippen LogP contribution is -2.19. The molecule has 0 bridgehead atoms. The number of carbonyl (C=O) groups is 1. The Bertz CT molecular complexity index is 869. The third-order valence-corrected chi connectivity index (χ3v) is 4.05. The monoisotopic (exact) mass is 402 g/mol. The van der Waals surface area contributed by atoms with E-state index in [9.17, 15) is 4.79 Å². The highest BCUT2D eigenvalue weighted by atomic mass is 79.9. The third kappa shape index (κ3) is 4.55. The lowest BCUT2D eigenvalue weighted by atomic mass is 10.3. The van der Waals surface area contributed by atoms with Crippen LogP contribution in [0.3, 0.4) is 0 Å². The molecule has 25 heavy (non-hydrogen) atoms. The number of hydrogen-bond acceptors (Lipinski definition) is 4. The number of likely N-dealkylation sites (N-methyl/N-ethyl adjacent to an activating group) is 1. The van der Waals surface area contributed by atoms with Crippen LogP contribution >= 0.6 is 15.9 Å². The SMILES string of the molecule is CN(C)CCn1ccc(NC(=O)c2ccn(-c3cccc(Br)c3)n2)n1. The van der Waals surface area contributed by atoms with Gasteiger partial charge >= 0.3 is 0 Å². The Morgan fingerprint density at radius 2 is 2.04 bits per heavy atom. The molecule has 0 aliphatic carbocycles. The summed E-state index contributed by atoms with van der Waals surface area (Å²) in [4.78, 5) is 14.4. The van der Waals surface area contributed by atoms with Gasteiger partial charge in [0.2, 0.25) is 0 Å². The van der Waals surface area contributed by atoms with Crippen molar-refractivity contribution in [1.82, 2.24) is 24.5 Å². The van der Waals surface area contributed by atoms with Crippen LogP contribution in [0.5, 0.6) is 0 Å². The first-order valence-corrected chi connectivity index (χ1v) is 8.62. The largest absolute Gasteiger partial charge is 0.308 e. The fourth-order valence-corrected chi connectivity index (χ4v) is 2.63. The van der Waals surface area contributed by atoms with Crippen molar-refractivity contribution in [2.45, 2.75) is 6.54 Å². The second-order valence-corrected chi connectivity index (χ2v) is 6.76. The molecule has 0 unspecified atom stereocenters. The summed E-state index contributed by atoms with van der Waals surface area (Å²) >= 11 is 3.43. The van der Waals surface area contributed by atoms with Crippen molar-refractivity contribution in [3.63, 3.8) is 0 Å². The topological polar surface area (TPSA) is 68.0 Å². The van der Waals surface area contributed by atoms with Crippen molar-refractivity contribution >= 4 is 27.7 Å². The van der Waals surface area contributed by atoms with Crippen molar-refractivity contribution in [2.24, 2.45) is 0 Å². The Hall–Kier alpha value is -2.45. The first kappa shape index (κ1) is 17.4. The van der Waals surface area contributed by atoms with Crippen LogP contribution in [-0.4, -0.2) is 51.0 Å². The van der Waals surface area contributed by atoms with E-state index in [0.717, 1.165) is 23.2 Å². The number of halogens is 1. The standard InChI is InChI=1S/C17H19BrN6O/c1-22(2)10-11-23-8-7-16(21-23)19-17(25)15-6-9-24(20-15)14-5-3-4-13(18)12-14/h3-9,12H,10-11H2,1-2H3,(H,19,21,25). The van der Waals surface area contributed by atoms with Crippen molar-refractivity contribution in [1.29, 1.82) is 0 Å². The molecule has 2 heterocycles. The molecular weight excluding hydrogens is 384 g/mol. The van der Waals surface area contributed by atoms with E-state index in [1.807, 2.05) is 44.6 Å². The first-order chi connectivity index (χ1) is 12.0. The van der Waals surface area contributed by atoms with Gasteiger partial charge in [-0.05, 0) is 38.4 Å². The van der Waals surface area contributed by atoms with Gasteiger partial charge in [0.1, 0.15) is 0 Å². The number of rotatable bonds is 6. The van der Waals surface area contributed by atoms with E-state index in [0.29, 0.717) is 11.5 Å². The van der Waals surface area contributed by atoms with Gasteiger partial charge in [-0.2, -0.15) is 10.2 Å². The number of nitrogens with one attached hydrogen (secondary N) is 1. The smallest absolute Gasteiger partial charge is 0.277 e. The summed E-state index contributed by atoms with van der Waals surface area (Å²) in [5.41, 5.74) is 1.21. The van der Waals surface area contributed by atoms with Crippen LogP contribution in [0.2, 0.25) is 0 Å². The molecule has 0 fully saturated rings. The van der Waals surface area contributed by atoms with E-state index in [4.69, 9.17) is 0 Å². The molecule has 0 saturated carbocycles. The third-order valence-electron chi connectivity index (χ3n) is 3.55. The molecule has 3 rings (SSSR count). The zero-order valence-corrected chi connectivity index (χ0v) is 15.6. The summed E-state index contributed by atoms with van der Waals surface area (Å²) in [6.07, 6.45) is 3.60. The van der Waals surface area contributed by atoms with Gasteiger partial charge in [0.05, 0.1) is 12.2 Å². The number of benzene rings is 1. The number of anilines is 1. The molecule has 3 aromatic rings. The summed E-state index contributed by atoms with van der Waals surface area (Å²) in [6, 6.07) is 11.2. The molecule has 0 aliphatic rings. The van der Waals surface area contributed by atoms with Crippen LogP contribution in [0.25, 0.3) is 5.69 Å². The van der Waals surface area contributed by atoms with Crippen LogP contribution in [0.4, 0.5) is 5.82 Å². The van der Waals surface area contributed by atoms with Gasteiger partial charge in [-0.1, -0.05) is 22.0 Å². The van der Waals surface area contributed by atoms with E-state index in [-0.39, 0.29) is 5.91 Å². The zero-order chi connectivity index (χ0) is 17.8. The second kappa shape index (κ2) is 7.62. The summed E-state index contributed by atoms with van der Waals surface area (Å²) in [6.45, 7) is 1.65. The molecule has 0 saturated heterocycles. The van der Waals surface area contributed by atoms with E-state index in [1.165, 1.54) is 0 Å². The molecule has 0 radical (unpaired) electrons. The van der Waals surface area contributed by atoms with Gasteiger partial charge in [0.15, 0.2) is 11.5 Å². The second-order valence-electron chi connectivity index (χ2n) is 5.85. The number of aromatic nitrogens is 4. The fraction of sp³-hybridized carbons (Fsp3) is 0.235. The number of carbonyl (C=O) groups excluding carboxylic acids is 1. The molecule has 1 amide bonds. The molecule has 0 atom stereocenters. The Balaban J connectivity index is 1.66. The minimum atomic E-state index is -0.286. The first-order valence-electron chi connectivity index (χ1n) is 7.82. The highest BCUT2D eigenvalue weighted by Gasteiger charge is 2.12. The van der Waals surface area contributed by atoms with Crippen LogP contribution in [0.15, 0.2) is 53.3 Å². The van der Waals surface area contributed by atoms with Crippen molar-refractivity contribution < 1.29 is 4.79 Å². The molecule has 0 spiro atoms. The molecular formula is C17H19BrN6O. The highest BCUT2D eigenvalue weighted by molar-refractivity contribution is 9.10. The molecule has 7 nitrogen and oxygen atoms in total. The predicted octanol–water partition coefficient (Wildman–Crippen LogP) is 2.65. The van der Waals surface area contributed by atoms with Crippen LogP contribution in [0.1, 0.15) is 10.5 Å². The number of nitrogens with zero attached hydrogens (tertiary/aromatic N) is 5. The average molecular weight is 403 g/mol. The molecule has 130 valence electrons. The van der Waals surface area contributed by atoms with E-state index >= 15 is 0 Å². The Morgan fingerprint density at radius 1 is 1.20 bits per heavy atom. The van der Waals surface area contributed by atoms with Gasteiger partial charge in [-0.25, -0.2) is 4.68 Å². The Labute approximate surface area is 154 Å². The van der Waals surface area contributed by atoms with E-state index < -0.39 is 0 Å². The van der Waals surface area contributed by atoms with Gasteiger partial charge in [-0.3, -0.25) is 9.48 Å². The van der Waals surface area contributed by atoms with Gasteiger partial charge in [0, 0.05) is 29.5 Å². The Kier molecular flexibility index (Phi) is 5.30. The molecule has 8 heteroatoms. The molecule has 0 aliphatic heterocycles. The van der Waals surface area contributed by atoms with Crippen molar-refractivity contribution in [3.8, 4) is 5.69 Å². The number of hydrogen-bond donors (Lipinski definition) is 1. The van der Waals surface area contributed by atoms with Crippen LogP contribution < -0.4 is 5.32 Å². The predicted molar refractivity (Wildman–Crippen MR) is 100.0 cm³/mol. The van der Waals surface area contributed by atoms with Crippen LogP contribution in [-0.2, 0) is 6.54 Å². The summed E-state index contributed by atoms with van der Waals surface area (Å²) in [7, 11) is 4.02. The maximum absolute atomic E-state index is 12.3.